The fourth-order valence-corrected chi connectivity index (χ4v) is 1.91. The maximum absolute atomic E-state index is 9.73. The Balaban J connectivity index is 1.91. The van der Waals surface area contributed by atoms with Crippen molar-refractivity contribution in [3.05, 3.63) is 0 Å². The smallest absolute Gasteiger partial charge is 0.0911 e. The zero-order chi connectivity index (χ0) is 13.2. The van der Waals surface area contributed by atoms with Crippen molar-refractivity contribution in [1.29, 1.82) is 0 Å². The van der Waals surface area contributed by atoms with Gasteiger partial charge >= 0.3 is 0 Å². The number of hydrogen-bond donors (Lipinski definition) is 2. The monoisotopic (exact) mass is 260 g/mol. The molecule has 1 atom stereocenters. The Morgan fingerprint density at radius 1 is 1.17 bits per heavy atom. The van der Waals surface area contributed by atoms with Crippen molar-refractivity contribution in [3.63, 3.8) is 0 Å². The number of hydrogen-bond acceptors (Lipinski definition) is 5. The molecular weight excluding hydrogens is 232 g/mol. The highest BCUT2D eigenvalue weighted by Crippen LogP contribution is 2.05. The predicted molar refractivity (Wildman–Crippen MR) is 71.3 cm³/mol. The largest absolute Gasteiger partial charge is 0.389 e. The third-order valence-electron chi connectivity index (χ3n) is 2.90. The van der Waals surface area contributed by atoms with Crippen LogP contribution in [0.15, 0.2) is 0 Å². The Morgan fingerprint density at radius 3 is 2.56 bits per heavy atom. The maximum Gasteiger partial charge on any atom is 0.0911 e. The molecule has 1 aliphatic rings. The minimum Gasteiger partial charge on any atom is -0.389 e. The van der Waals surface area contributed by atoms with Crippen molar-refractivity contribution < 1.29 is 14.6 Å². The molecule has 0 aliphatic carbocycles. The number of piperidine rings is 1. The van der Waals surface area contributed by atoms with Gasteiger partial charge in [-0.1, -0.05) is 6.42 Å². The summed E-state index contributed by atoms with van der Waals surface area (Å²) >= 11 is 0. The molecule has 1 saturated heterocycles. The van der Waals surface area contributed by atoms with Gasteiger partial charge in [0.1, 0.15) is 0 Å². The summed E-state index contributed by atoms with van der Waals surface area (Å²) in [4.78, 5) is 0. The summed E-state index contributed by atoms with van der Waals surface area (Å²) < 4.78 is 10.7. The van der Waals surface area contributed by atoms with Gasteiger partial charge in [0, 0.05) is 19.6 Å². The normalized spacial score (nSPS) is 19.3. The van der Waals surface area contributed by atoms with Crippen LogP contribution in [0, 0.1) is 0 Å². The molecule has 0 spiro atoms. The van der Waals surface area contributed by atoms with E-state index in [0.717, 1.165) is 13.1 Å². The summed E-state index contributed by atoms with van der Waals surface area (Å²) in [6.45, 7) is 8.20. The van der Waals surface area contributed by atoms with Crippen molar-refractivity contribution in [2.75, 3.05) is 39.5 Å². The molecule has 0 aromatic heterocycles. The minimum atomic E-state index is -0.453. The van der Waals surface area contributed by atoms with Gasteiger partial charge in [0.15, 0.2) is 0 Å². The van der Waals surface area contributed by atoms with E-state index in [9.17, 15) is 5.11 Å². The molecule has 1 aliphatic heterocycles. The van der Waals surface area contributed by atoms with Crippen LogP contribution in [0.4, 0.5) is 0 Å². The van der Waals surface area contributed by atoms with Crippen LogP contribution in [0.3, 0.4) is 0 Å². The molecule has 0 bridgehead atoms. The number of ether oxygens (including phenoxy) is 2. The Bertz CT molecular complexity index is 197. The Labute approximate surface area is 110 Å². The molecule has 1 unspecified atom stereocenters. The van der Waals surface area contributed by atoms with Crippen LogP contribution in [0.2, 0.25) is 0 Å². The molecular formula is C13H28N2O3. The minimum absolute atomic E-state index is 0.235. The Hall–Kier alpha value is -0.200. The SMILES string of the molecule is CC(C)OCCOCC(O)CNN1CCCCC1. The van der Waals surface area contributed by atoms with Gasteiger partial charge in [0.25, 0.3) is 0 Å². The summed E-state index contributed by atoms with van der Waals surface area (Å²) in [5, 5.41) is 11.9. The van der Waals surface area contributed by atoms with Crippen molar-refractivity contribution in [2.24, 2.45) is 0 Å². The summed E-state index contributed by atoms with van der Waals surface area (Å²) in [6.07, 6.45) is 3.59. The van der Waals surface area contributed by atoms with Gasteiger partial charge in [0.2, 0.25) is 0 Å². The van der Waals surface area contributed by atoms with Crippen LogP contribution in [0.25, 0.3) is 0 Å². The van der Waals surface area contributed by atoms with E-state index < -0.39 is 6.10 Å². The molecule has 1 fully saturated rings. The van der Waals surface area contributed by atoms with Gasteiger partial charge in [-0.25, -0.2) is 5.01 Å². The first-order valence-electron chi connectivity index (χ1n) is 7.04. The number of nitrogens with zero attached hydrogens (tertiary/aromatic N) is 1. The number of aliphatic hydroxyl groups is 1. The molecule has 0 aromatic rings. The Morgan fingerprint density at radius 2 is 1.89 bits per heavy atom. The van der Waals surface area contributed by atoms with Gasteiger partial charge in [-0.15, -0.1) is 0 Å². The van der Waals surface area contributed by atoms with Gasteiger partial charge in [-0.2, -0.15) is 0 Å². The van der Waals surface area contributed by atoms with E-state index in [0.29, 0.717) is 26.4 Å². The third-order valence-corrected chi connectivity index (χ3v) is 2.90. The summed E-state index contributed by atoms with van der Waals surface area (Å²) in [5.41, 5.74) is 3.25. The van der Waals surface area contributed by atoms with Gasteiger partial charge in [-0.05, 0) is 26.7 Å². The predicted octanol–water partition coefficient (Wildman–Crippen LogP) is 0.779. The van der Waals surface area contributed by atoms with Crippen molar-refractivity contribution in [3.8, 4) is 0 Å². The molecule has 18 heavy (non-hydrogen) atoms. The summed E-state index contributed by atoms with van der Waals surface area (Å²) in [6, 6.07) is 0. The lowest BCUT2D eigenvalue weighted by atomic mass is 10.2. The van der Waals surface area contributed by atoms with Crippen LogP contribution in [0.5, 0.6) is 0 Å². The first-order chi connectivity index (χ1) is 8.68. The zero-order valence-corrected chi connectivity index (χ0v) is 11.7. The topological polar surface area (TPSA) is 54.0 Å². The van der Waals surface area contributed by atoms with Crippen molar-refractivity contribution >= 4 is 0 Å². The number of aliphatic hydroxyl groups excluding tert-OH is 1. The average molecular weight is 260 g/mol. The molecule has 5 nitrogen and oxygen atoms in total. The fraction of sp³-hybridized carbons (Fsp3) is 1.00. The van der Waals surface area contributed by atoms with E-state index in [4.69, 9.17) is 9.47 Å². The van der Waals surface area contributed by atoms with E-state index >= 15 is 0 Å². The number of rotatable bonds is 9. The van der Waals surface area contributed by atoms with Crippen LogP contribution >= 0.6 is 0 Å². The lowest BCUT2D eigenvalue weighted by Crippen LogP contribution is -2.45. The highest BCUT2D eigenvalue weighted by Gasteiger charge is 2.11. The zero-order valence-electron chi connectivity index (χ0n) is 11.7. The van der Waals surface area contributed by atoms with E-state index in [1.54, 1.807) is 0 Å². The molecule has 0 amide bonds. The average Bonchev–Trinajstić information content (AvgIpc) is 2.37. The molecule has 5 heteroatoms. The summed E-state index contributed by atoms with van der Waals surface area (Å²) in [5.74, 6) is 0. The third kappa shape index (κ3) is 8.00. The number of nitrogens with one attached hydrogen (secondary N) is 1. The van der Waals surface area contributed by atoms with Crippen molar-refractivity contribution in [2.45, 2.75) is 45.3 Å². The molecule has 1 rings (SSSR count). The molecule has 0 aromatic carbocycles. The van der Waals surface area contributed by atoms with E-state index in [2.05, 4.69) is 10.4 Å². The maximum atomic E-state index is 9.73. The summed E-state index contributed by atoms with van der Waals surface area (Å²) in [7, 11) is 0. The molecule has 0 radical (unpaired) electrons. The molecule has 0 saturated carbocycles. The second kappa shape index (κ2) is 9.69. The second-order valence-electron chi connectivity index (χ2n) is 5.06. The number of hydrazine groups is 1. The quantitative estimate of drug-likeness (QED) is 0.600. The lowest BCUT2D eigenvalue weighted by molar-refractivity contribution is -0.0155. The second-order valence-corrected chi connectivity index (χ2v) is 5.06. The highest BCUT2D eigenvalue weighted by atomic mass is 16.5. The molecule has 108 valence electrons. The van der Waals surface area contributed by atoms with Crippen LogP contribution in [-0.4, -0.2) is 61.8 Å². The fourth-order valence-electron chi connectivity index (χ4n) is 1.91. The van der Waals surface area contributed by atoms with Crippen LogP contribution in [0.1, 0.15) is 33.1 Å². The standard InChI is InChI=1S/C13H28N2O3/c1-12(2)18-9-8-17-11-13(16)10-14-15-6-4-3-5-7-15/h12-14,16H,3-11H2,1-2H3. The molecule has 1 heterocycles. The van der Waals surface area contributed by atoms with Gasteiger partial charge in [0.05, 0.1) is 32.0 Å². The lowest BCUT2D eigenvalue weighted by Gasteiger charge is -2.28. The van der Waals surface area contributed by atoms with Gasteiger partial charge < -0.3 is 14.6 Å². The molecule has 2 N–H and O–H groups in total. The Kier molecular flexibility index (Phi) is 8.54. The van der Waals surface area contributed by atoms with Crippen LogP contribution in [-0.2, 0) is 9.47 Å². The van der Waals surface area contributed by atoms with E-state index in [-0.39, 0.29) is 6.10 Å². The van der Waals surface area contributed by atoms with Crippen LogP contribution < -0.4 is 5.43 Å². The van der Waals surface area contributed by atoms with E-state index in [1.807, 2.05) is 13.8 Å². The van der Waals surface area contributed by atoms with Crippen molar-refractivity contribution in [1.82, 2.24) is 10.4 Å². The van der Waals surface area contributed by atoms with E-state index in [1.165, 1.54) is 19.3 Å². The first kappa shape index (κ1) is 15.9. The highest BCUT2D eigenvalue weighted by molar-refractivity contribution is 4.63. The van der Waals surface area contributed by atoms with Gasteiger partial charge in [-0.3, -0.25) is 5.43 Å². The first-order valence-corrected chi connectivity index (χ1v) is 7.04.